The van der Waals surface area contributed by atoms with E-state index in [2.05, 4.69) is 47.8 Å². The third-order valence-corrected chi connectivity index (χ3v) is 11.4. The van der Waals surface area contributed by atoms with Gasteiger partial charge >= 0.3 is 17.1 Å². The standard InChI is InChI=1S/C9H11NO2.C9H9NO.C8H5Br3O.C8H5Cl3O.2C8H8O.C3HCl2N3O3.ClH/c1-9(12,8(10)11)7-5-3-2-4-6-7;1-9(11,7-10)8-5-3-2-4-6-8;2*9-8(10,11)7(12)6-4-2-1-3-5-6;2*1-7(9)8-5-3-2-4-6-8;4-7-1(9)6-2(10)8(5)3(7)11;/h2-6,12H,1H3,(H2,10,11);2-6,11H,1H3;2*1-5H;2*2-6H,1H3;(H,6,9,10);1H. The van der Waals surface area contributed by atoms with Crippen LogP contribution in [0.3, 0.4) is 0 Å². The lowest BCUT2D eigenvalue weighted by Gasteiger charge is -2.18. The molecule has 2 atom stereocenters. The van der Waals surface area contributed by atoms with Crippen molar-refractivity contribution in [1.29, 1.82) is 5.26 Å². The minimum atomic E-state index is -1.86. The molecular weight excluding hydrogens is 1320 g/mol. The second-order valence-corrected chi connectivity index (χ2v) is 24.9. The van der Waals surface area contributed by atoms with Crippen LogP contribution in [0, 0.1) is 11.3 Å². The number of nitriles is 1. The molecule has 0 aliphatic heterocycles. The lowest BCUT2D eigenvalue weighted by molar-refractivity contribution is -0.135. The van der Waals surface area contributed by atoms with Gasteiger partial charge in [-0.05, 0) is 38.8 Å². The molecular formula is C53H48Br3Cl6N5O10. The number of benzene rings is 6. The van der Waals surface area contributed by atoms with Crippen molar-refractivity contribution in [3.8, 4) is 6.07 Å². The molecule has 408 valence electrons. The zero-order valence-corrected chi connectivity index (χ0v) is 50.2. The summed E-state index contributed by atoms with van der Waals surface area (Å²) < 4.78 is -2.38. The van der Waals surface area contributed by atoms with Crippen LogP contribution in [0.4, 0.5) is 0 Å². The van der Waals surface area contributed by atoms with Gasteiger partial charge < -0.3 is 15.9 Å². The number of rotatable bonds is 7. The van der Waals surface area contributed by atoms with E-state index in [9.17, 15) is 48.6 Å². The highest BCUT2D eigenvalue weighted by molar-refractivity contribution is 9.40. The van der Waals surface area contributed by atoms with Gasteiger partial charge in [0.25, 0.3) is 9.70 Å². The van der Waals surface area contributed by atoms with Gasteiger partial charge in [-0.25, -0.2) is 14.4 Å². The monoisotopic (exact) mass is 1360 g/mol. The molecule has 2 unspecified atom stereocenters. The third kappa shape index (κ3) is 26.6. The smallest absolute Gasteiger partial charge is 0.366 e. The van der Waals surface area contributed by atoms with E-state index in [0.29, 0.717) is 22.3 Å². The van der Waals surface area contributed by atoms with Crippen LogP contribution in [0.5, 0.6) is 0 Å². The number of nitrogens with one attached hydrogen (secondary N) is 1. The lowest BCUT2D eigenvalue weighted by atomic mass is 9.96. The molecule has 0 fully saturated rings. The van der Waals surface area contributed by atoms with Gasteiger partial charge in [-0.1, -0.05) is 265 Å². The Morgan fingerprint density at radius 3 is 1.05 bits per heavy atom. The normalized spacial score (nSPS) is 11.5. The third-order valence-electron chi connectivity index (χ3n) is 9.22. The molecule has 0 saturated carbocycles. The van der Waals surface area contributed by atoms with Crippen LogP contribution in [0.15, 0.2) is 196 Å². The number of nitrogens with two attached hydrogens (primary N) is 1. The molecule has 0 saturated heterocycles. The SMILES string of the molecule is CC(=O)c1ccccc1.CC(=O)c1ccccc1.CC(O)(C#N)c1ccccc1.CC(O)(C(N)=O)c1ccccc1.Cl.O=C(c1ccccc1)C(Br)(Br)Br.O=C(c1ccccc1)C(Cl)(Cl)Cl.O=c1[nH]c(=O)n(Cl)c(=O)n1Cl. The zero-order chi connectivity index (χ0) is 57.9. The highest BCUT2D eigenvalue weighted by Crippen LogP contribution is 2.36. The van der Waals surface area contributed by atoms with E-state index < -0.39 is 45.9 Å². The van der Waals surface area contributed by atoms with Crippen molar-refractivity contribution in [3.05, 3.63) is 247 Å². The number of halogens is 9. The van der Waals surface area contributed by atoms with Crippen LogP contribution < -0.4 is 22.8 Å². The molecule has 6 aromatic carbocycles. The lowest BCUT2D eigenvalue weighted by Crippen LogP contribution is -2.43. The van der Waals surface area contributed by atoms with Gasteiger partial charge in [-0.2, -0.15) is 5.26 Å². The molecule has 7 aromatic rings. The average Bonchev–Trinajstić information content (AvgIpc) is 3.41. The summed E-state index contributed by atoms with van der Waals surface area (Å²) in [5, 5.41) is 27.6. The Balaban J connectivity index is 0.000000875. The Labute approximate surface area is 499 Å². The highest BCUT2D eigenvalue weighted by atomic mass is 80.0. The number of H-pyrrole nitrogens is 1. The minimum Gasteiger partial charge on any atom is -0.376 e. The van der Waals surface area contributed by atoms with E-state index >= 15 is 0 Å². The first-order valence-corrected chi connectivity index (χ1v) is 25.6. The van der Waals surface area contributed by atoms with Crippen LogP contribution in [0.25, 0.3) is 0 Å². The second-order valence-electron chi connectivity index (χ2n) is 15.2. The molecule has 7 rings (SSSR count). The minimum absolute atomic E-state index is 0. The van der Waals surface area contributed by atoms with Crippen LogP contribution in [0.1, 0.15) is 80.3 Å². The first-order valence-electron chi connectivity index (χ1n) is 21.4. The summed E-state index contributed by atoms with van der Waals surface area (Å²) in [5.41, 5.74) is 2.71. The highest BCUT2D eigenvalue weighted by Gasteiger charge is 2.32. The predicted octanol–water partition coefficient (Wildman–Crippen LogP) is 11.6. The van der Waals surface area contributed by atoms with Gasteiger partial charge in [0, 0.05) is 45.8 Å². The van der Waals surface area contributed by atoms with E-state index in [1.807, 2.05) is 91.0 Å². The summed E-state index contributed by atoms with van der Waals surface area (Å²) in [7, 11) is 0. The van der Waals surface area contributed by atoms with E-state index in [-0.39, 0.29) is 37.9 Å². The number of primary amides is 1. The first-order chi connectivity index (χ1) is 35.4. The van der Waals surface area contributed by atoms with Crippen LogP contribution in [0.2, 0.25) is 0 Å². The summed E-state index contributed by atoms with van der Waals surface area (Å²) in [4.78, 5) is 88.3. The summed E-state index contributed by atoms with van der Waals surface area (Å²) in [6.45, 7) is 5.98. The Morgan fingerprint density at radius 2 is 0.805 bits per heavy atom. The van der Waals surface area contributed by atoms with Crippen LogP contribution >= 0.6 is 119 Å². The van der Waals surface area contributed by atoms with Gasteiger partial charge in [-0.15, -0.1) is 20.6 Å². The molecule has 1 aromatic heterocycles. The van der Waals surface area contributed by atoms with Crippen molar-refractivity contribution in [2.24, 2.45) is 5.73 Å². The molecule has 0 spiro atoms. The van der Waals surface area contributed by atoms with Gasteiger partial charge in [0.15, 0.2) is 24.9 Å². The van der Waals surface area contributed by atoms with E-state index in [0.717, 1.165) is 11.1 Å². The van der Waals surface area contributed by atoms with Gasteiger partial charge in [0.05, 0.1) is 0 Å². The molecule has 1 amide bonds. The van der Waals surface area contributed by atoms with Crippen molar-refractivity contribution < 1.29 is 34.2 Å². The quantitative estimate of drug-likeness (QED) is 0.0663. The molecule has 0 radical (unpaired) electrons. The van der Waals surface area contributed by atoms with Crippen LogP contribution in [-0.2, 0) is 16.0 Å². The molecule has 77 heavy (non-hydrogen) atoms. The van der Waals surface area contributed by atoms with Crippen molar-refractivity contribution in [1.82, 2.24) is 13.2 Å². The molecule has 0 aliphatic carbocycles. The Bertz CT molecular complexity index is 3030. The average molecular weight is 1370 g/mol. The van der Waals surface area contributed by atoms with E-state index in [4.69, 9.17) is 69.4 Å². The number of carbonyl (C=O) groups excluding carboxylic acids is 5. The number of aromatic amines is 1. The number of aliphatic hydroxyl groups is 2. The summed E-state index contributed by atoms with van der Waals surface area (Å²) >= 11 is 35.8. The number of hydrogen-bond acceptors (Lipinski definition) is 11. The molecule has 0 aliphatic rings. The fourth-order valence-corrected chi connectivity index (χ4v) is 6.31. The predicted molar refractivity (Wildman–Crippen MR) is 316 cm³/mol. The Morgan fingerprint density at radius 1 is 0.532 bits per heavy atom. The molecule has 5 N–H and O–H groups in total. The largest absolute Gasteiger partial charge is 0.376 e. The van der Waals surface area contributed by atoms with Crippen molar-refractivity contribution in [2.75, 3.05) is 0 Å². The number of Topliss-reactive ketones (excluding diaryl/α,β-unsaturated/α-hetero) is 4. The molecule has 0 bridgehead atoms. The Hall–Kier alpha value is -5.53. The second kappa shape index (κ2) is 35.1. The van der Waals surface area contributed by atoms with E-state index in [1.165, 1.54) is 13.8 Å². The number of aromatic nitrogens is 3. The topological polar surface area (TPSA) is 252 Å². The van der Waals surface area contributed by atoms with Crippen LogP contribution in [-0.4, -0.2) is 58.3 Å². The fourth-order valence-electron chi connectivity index (χ4n) is 5.02. The molecule has 24 heteroatoms. The summed E-state index contributed by atoms with van der Waals surface area (Å²) in [6.07, 6.45) is 0. The van der Waals surface area contributed by atoms with Crippen molar-refractivity contribution >= 4 is 148 Å². The fraction of sp³-hybridized carbons (Fsp3) is 0.151. The Kier molecular flexibility index (Phi) is 32.6. The summed E-state index contributed by atoms with van der Waals surface area (Å²) in [5.74, 6) is -1.06. The van der Waals surface area contributed by atoms with Gasteiger partial charge in [0.2, 0.25) is 11.6 Å². The first kappa shape index (κ1) is 71.5. The number of ketones is 4. The van der Waals surface area contributed by atoms with E-state index in [1.54, 1.807) is 116 Å². The maximum atomic E-state index is 11.5. The maximum Gasteiger partial charge on any atom is 0.366 e. The van der Waals surface area contributed by atoms with Crippen molar-refractivity contribution in [3.63, 3.8) is 0 Å². The van der Waals surface area contributed by atoms with Gasteiger partial charge in [-0.3, -0.25) is 29.0 Å². The number of carbonyl (C=O) groups is 5. The van der Waals surface area contributed by atoms with Crippen molar-refractivity contribution in [2.45, 2.75) is 44.8 Å². The number of hydrogen-bond donors (Lipinski definition) is 4. The molecule has 1 heterocycles. The molecule has 15 nitrogen and oxygen atoms in total. The number of amides is 1. The number of alkyl halides is 6. The maximum absolute atomic E-state index is 11.5. The number of nitrogens with zero attached hydrogens (tertiary/aromatic N) is 3. The van der Waals surface area contributed by atoms with Gasteiger partial charge in [0.1, 0.15) is 6.07 Å². The zero-order valence-electron chi connectivity index (χ0n) is 40.8. The summed E-state index contributed by atoms with van der Waals surface area (Å²) in [6, 6.07) is 55.2.